The van der Waals surface area contributed by atoms with Crippen LogP contribution in [0, 0.1) is 24.7 Å². The first-order valence-electron chi connectivity index (χ1n) is 26.4. The zero-order valence-corrected chi connectivity index (χ0v) is 42.2. The van der Waals surface area contributed by atoms with Crippen LogP contribution in [0.5, 0.6) is 11.5 Å². The second kappa shape index (κ2) is 26.8. The molecule has 0 radical (unpaired) electrons. The van der Waals surface area contributed by atoms with E-state index in [0.717, 1.165) is 89.5 Å². The normalized spacial score (nSPS) is 21.9. The van der Waals surface area contributed by atoms with Crippen molar-refractivity contribution in [3.8, 4) is 11.5 Å². The summed E-state index contributed by atoms with van der Waals surface area (Å²) >= 11 is 0. The number of oxime groups is 1. The molecular formula is C59H79N3O8. The highest BCUT2D eigenvalue weighted by atomic mass is 16.7. The predicted octanol–water partition coefficient (Wildman–Crippen LogP) is 12.9. The number of aryl methyl sites for hydroxylation is 1. The van der Waals surface area contributed by atoms with Crippen molar-refractivity contribution in [2.45, 2.75) is 154 Å². The van der Waals surface area contributed by atoms with Gasteiger partial charge in [-0.25, -0.2) is 4.79 Å². The Kier molecular flexibility index (Phi) is 20.2. The Bertz CT molecular complexity index is 2340. The Morgan fingerprint density at radius 3 is 2.36 bits per heavy atom. The Labute approximate surface area is 417 Å². The third-order valence-corrected chi connectivity index (χ3v) is 14.7. The van der Waals surface area contributed by atoms with Gasteiger partial charge in [-0.2, -0.15) is 0 Å². The van der Waals surface area contributed by atoms with Crippen LogP contribution in [-0.4, -0.2) is 77.3 Å². The number of aliphatic hydroxyl groups is 2. The van der Waals surface area contributed by atoms with Gasteiger partial charge in [0.15, 0.2) is 0 Å². The van der Waals surface area contributed by atoms with Gasteiger partial charge in [0.2, 0.25) is 5.79 Å². The highest BCUT2D eigenvalue weighted by molar-refractivity contribution is 6.03. The van der Waals surface area contributed by atoms with Crippen LogP contribution in [0.1, 0.15) is 145 Å². The van der Waals surface area contributed by atoms with Crippen LogP contribution in [0.15, 0.2) is 108 Å². The van der Waals surface area contributed by atoms with Crippen molar-refractivity contribution in [1.82, 2.24) is 9.88 Å². The van der Waals surface area contributed by atoms with Crippen molar-refractivity contribution in [1.29, 1.82) is 0 Å². The molecule has 0 saturated heterocycles. The molecule has 1 amide bonds. The number of benzene rings is 3. The van der Waals surface area contributed by atoms with Gasteiger partial charge in [-0.3, -0.25) is 9.88 Å². The van der Waals surface area contributed by atoms with E-state index in [4.69, 9.17) is 28.9 Å². The number of hydrogen-bond donors (Lipinski definition) is 2. The average molecular weight is 958 g/mol. The van der Waals surface area contributed by atoms with Crippen LogP contribution in [0.25, 0.3) is 10.8 Å². The van der Waals surface area contributed by atoms with Gasteiger partial charge >= 0.3 is 6.09 Å². The largest absolute Gasteiger partial charge is 0.487 e. The van der Waals surface area contributed by atoms with Crippen molar-refractivity contribution in [3.63, 3.8) is 0 Å². The van der Waals surface area contributed by atoms with Crippen molar-refractivity contribution >= 4 is 22.6 Å². The monoisotopic (exact) mass is 958 g/mol. The molecule has 70 heavy (non-hydrogen) atoms. The van der Waals surface area contributed by atoms with Gasteiger partial charge in [-0.1, -0.05) is 143 Å². The Morgan fingerprint density at radius 2 is 1.61 bits per heavy atom. The number of carbonyl (C=O) groups excluding carboxylic acids is 1. The highest BCUT2D eigenvalue weighted by Gasteiger charge is 2.65. The van der Waals surface area contributed by atoms with Gasteiger partial charge in [0.1, 0.15) is 31.3 Å². The molecule has 2 N–H and O–H groups in total. The lowest BCUT2D eigenvalue weighted by Gasteiger charge is -2.59. The van der Waals surface area contributed by atoms with E-state index in [0.29, 0.717) is 37.6 Å². The number of aliphatic hydroxyl groups excluding tert-OH is 2. The van der Waals surface area contributed by atoms with E-state index in [1.807, 2.05) is 60.4 Å². The zero-order chi connectivity index (χ0) is 49.1. The minimum absolute atomic E-state index is 0.0689. The molecule has 4 aromatic rings. The van der Waals surface area contributed by atoms with Crippen molar-refractivity contribution in [2.75, 3.05) is 33.5 Å². The molecule has 378 valence electrons. The topological polar surface area (TPSA) is 132 Å². The maximum atomic E-state index is 15.2. The van der Waals surface area contributed by atoms with E-state index in [1.54, 1.807) is 13.2 Å². The number of carbonyl (C=O) groups is 1. The second-order valence-corrected chi connectivity index (χ2v) is 19.6. The summed E-state index contributed by atoms with van der Waals surface area (Å²) in [5.41, 5.74) is 5.44. The molecule has 11 heteroatoms. The molecule has 3 aromatic carbocycles. The average Bonchev–Trinajstić information content (AvgIpc) is 3.37. The molecule has 3 aliphatic rings. The summed E-state index contributed by atoms with van der Waals surface area (Å²) in [6, 6.07) is 25.7. The minimum atomic E-state index is -1.43. The first-order valence-corrected chi connectivity index (χ1v) is 26.4. The van der Waals surface area contributed by atoms with Gasteiger partial charge in [0, 0.05) is 36.8 Å². The lowest BCUT2D eigenvalue weighted by molar-refractivity contribution is -0.256. The molecule has 11 nitrogen and oxygen atoms in total. The fraction of sp³-hybridized carbons (Fsp3) is 0.542. The number of allylic oxidation sites excluding steroid dienone is 1. The molecule has 0 spiro atoms. The number of ether oxygens (including phenoxy) is 4. The number of amides is 1. The smallest absolute Gasteiger partial charge is 0.410 e. The van der Waals surface area contributed by atoms with E-state index >= 15 is 4.79 Å². The minimum Gasteiger partial charge on any atom is -0.487 e. The number of aromatic nitrogens is 1. The third-order valence-electron chi connectivity index (χ3n) is 14.7. The molecule has 6 unspecified atom stereocenters. The first-order chi connectivity index (χ1) is 34.3. The first kappa shape index (κ1) is 52.6. The molecule has 7 rings (SSSR count). The summed E-state index contributed by atoms with van der Waals surface area (Å²) in [6.07, 6.45) is 20.5. The molecule has 1 aliphatic heterocycles. The number of nitrogens with zero attached hydrogens (tertiary/aromatic N) is 3. The summed E-state index contributed by atoms with van der Waals surface area (Å²) in [5.74, 6) is -0.558. The van der Waals surface area contributed by atoms with Gasteiger partial charge in [0.25, 0.3) is 0 Å². The fourth-order valence-electron chi connectivity index (χ4n) is 11.4. The number of pyridine rings is 1. The Morgan fingerprint density at radius 1 is 0.886 bits per heavy atom. The summed E-state index contributed by atoms with van der Waals surface area (Å²) in [4.78, 5) is 27.4. The maximum Gasteiger partial charge on any atom is 0.410 e. The van der Waals surface area contributed by atoms with E-state index in [-0.39, 0.29) is 50.5 Å². The van der Waals surface area contributed by atoms with Gasteiger partial charge in [-0.05, 0) is 103 Å². The SMILES string of the molecule is C=CCOC12Oc3ccc(OCc4cccc(C)n4)cc3C3C(CCCCO)C(CCCCO)C=C(C(=NOC)CC1N(Cc1cccc4ccccc14)C(=O)OCCCCCCCCCCCC)C32. The zero-order valence-electron chi connectivity index (χ0n) is 42.2. The van der Waals surface area contributed by atoms with Crippen LogP contribution < -0.4 is 9.47 Å². The second-order valence-electron chi connectivity index (χ2n) is 19.6. The van der Waals surface area contributed by atoms with E-state index in [1.165, 1.54) is 44.9 Å². The fourth-order valence-corrected chi connectivity index (χ4v) is 11.4. The summed E-state index contributed by atoms with van der Waals surface area (Å²) in [6.45, 7) is 9.56. The number of fused-ring (bicyclic) bond motifs is 3. The number of unbranched alkanes of at least 4 members (excludes halogenated alkanes) is 11. The molecular weight excluding hydrogens is 879 g/mol. The summed E-state index contributed by atoms with van der Waals surface area (Å²) in [7, 11) is 1.57. The highest BCUT2D eigenvalue weighted by Crippen LogP contribution is 2.62. The van der Waals surface area contributed by atoms with E-state index in [2.05, 4.69) is 54.9 Å². The molecule has 2 aliphatic carbocycles. The molecule has 1 fully saturated rings. The van der Waals surface area contributed by atoms with Crippen LogP contribution in [0.2, 0.25) is 0 Å². The Balaban J connectivity index is 1.32. The molecule has 0 bridgehead atoms. The van der Waals surface area contributed by atoms with Crippen LogP contribution in [0.4, 0.5) is 4.79 Å². The number of hydrogen-bond acceptors (Lipinski definition) is 10. The standard InChI is InChI=1S/C59H79N3O8/c1-5-7-8-9-10-11-12-13-14-21-37-67-58(65)62(41-46-28-23-27-44-25-15-16-30-49(44)46)55-40-53(61-66-4)51-38-45(26-17-19-34-63)50(31-18-20-35-64)56-52-39-48(68-42-47-29-22-24-43(3)60-47)32-33-54(52)70-59(55,57(51)56)69-36-6-2/h6,15-16,22-25,27-30,32-33,38-39,45,50,55-57,63-64H,2,5,7-14,17-21,26,31,34-37,40-42H2,1,3-4H3. The maximum absolute atomic E-state index is 15.2. The van der Waals surface area contributed by atoms with Gasteiger partial charge in [-0.15, -0.1) is 6.58 Å². The molecule has 6 atom stereocenters. The van der Waals surface area contributed by atoms with Crippen molar-refractivity contribution in [3.05, 3.63) is 126 Å². The van der Waals surface area contributed by atoms with E-state index < -0.39 is 23.8 Å². The van der Waals surface area contributed by atoms with Crippen LogP contribution >= 0.6 is 0 Å². The molecule has 1 saturated carbocycles. The summed E-state index contributed by atoms with van der Waals surface area (Å²) in [5, 5.41) is 27.0. The lowest BCUT2D eigenvalue weighted by atomic mass is 9.55. The lowest BCUT2D eigenvalue weighted by Crippen LogP contribution is -2.70. The third kappa shape index (κ3) is 13.0. The molecule has 1 aromatic heterocycles. The van der Waals surface area contributed by atoms with Crippen LogP contribution in [-0.2, 0) is 27.5 Å². The van der Waals surface area contributed by atoms with Crippen molar-refractivity contribution < 1.29 is 38.8 Å². The quantitative estimate of drug-likeness (QED) is 0.0310. The predicted molar refractivity (Wildman–Crippen MR) is 278 cm³/mol. The molecule has 2 heterocycles. The summed E-state index contributed by atoms with van der Waals surface area (Å²) < 4.78 is 27.6. The van der Waals surface area contributed by atoms with Gasteiger partial charge < -0.3 is 34.0 Å². The Hall–Kier alpha value is -5.23. The van der Waals surface area contributed by atoms with Gasteiger partial charge in [0.05, 0.1) is 37.1 Å². The number of rotatable bonds is 29. The van der Waals surface area contributed by atoms with E-state index in [9.17, 15) is 10.2 Å². The van der Waals surface area contributed by atoms with Crippen molar-refractivity contribution in [2.24, 2.45) is 22.9 Å². The van der Waals surface area contributed by atoms with Crippen LogP contribution in [0.3, 0.4) is 0 Å².